The van der Waals surface area contributed by atoms with Gasteiger partial charge in [-0.1, -0.05) is 31.0 Å². The van der Waals surface area contributed by atoms with Gasteiger partial charge in [-0.2, -0.15) is 0 Å². The lowest BCUT2D eigenvalue weighted by atomic mass is 9.77. The Balaban J connectivity index is 2.27. The highest BCUT2D eigenvalue weighted by Gasteiger charge is 2.45. The van der Waals surface area contributed by atoms with Crippen molar-refractivity contribution in [2.24, 2.45) is 5.92 Å². The molecule has 1 aliphatic carbocycles. The van der Waals surface area contributed by atoms with Gasteiger partial charge in [-0.15, -0.1) is 0 Å². The molecule has 22 heavy (non-hydrogen) atoms. The maximum Gasteiger partial charge on any atom is 0.308 e. The van der Waals surface area contributed by atoms with Crippen molar-refractivity contribution >= 4 is 11.9 Å². The molecule has 1 aliphatic rings. The molecule has 1 aromatic carbocycles. The van der Waals surface area contributed by atoms with E-state index in [4.69, 9.17) is 5.11 Å². The number of carbonyl (C=O) groups is 2. The van der Waals surface area contributed by atoms with E-state index < -0.39 is 23.3 Å². The topological polar surface area (TPSA) is 66.4 Å². The van der Waals surface area contributed by atoms with Gasteiger partial charge in [-0.25, -0.2) is 4.39 Å². The van der Waals surface area contributed by atoms with Gasteiger partial charge in [-0.3, -0.25) is 9.59 Å². The molecule has 0 bridgehead atoms. The molecule has 0 aromatic heterocycles. The van der Waals surface area contributed by atoms with Crippen molar-refractivity contribution in [1.29, 1.82) is 0 Å². The van der Waals surface area contributed by atoms with Crippen LogP contribution in [-0.4, -0.2) is 23.0 Å². The van der Waals surface area contributed by atoms with Crippen molar-refractivity contribution in [3.63, 3.8) is 0 Å². The van der Waals surface area contributed by atoms with Crippen LogP contribution in [0.4, 0.5) is 4.39 Å². The van der Waals surface area contributed by atoms with Crippen molar-refractivity contribution in [2.45, 2.75) is 51.0 Å². The molecule has 1 saturated carbocycles. The van der Waals surface area contributed by atoms with Gasteiger partial charge in [0.2, 0.25) is 5.91 Å². The summed E-state index contributed by atoms with van der Waals surface area (Å²) in [6.45, 7) is 3.22. The molecule has 2 unspecified atom stereocenters. The van der Waals surface area contributed by atoms with E-state index in [0.717, 1.165) is 12.8 Å². The average molecular weight is 307 g/mol. The zero-order valence-electron chi connectivity index (χ0n) is 12.9. The number of hydrogen-bond acceptors (Lipinski definition) is 2. The lowest BCUT2D eigenvalue weighted by Crippen LogP contribution is -2.49. The molecular weight excluding hydrogens is 285 g/mol. The van der Waals surface area contributed by atoms with Crippen LogP contribution in [0.25, 0.3) is 0 Å². The van der Waals surface area contributed by atoms with E-state index in [1.54, 1.807) is 32.0 Å². The number of aliphatic carboxylic acids is 1. The summed E-state index contributed by atoms with van der Waals surface area (Å²) in [5.74, 6) is -2.30. The first kappa shape index (κ1) is 16.5. The number of hydrogen-bond donors (Lipinski definition) is 2. The van der Waals surface area contributed by atoms with E-state index in [0.29, 0.717) is 18.4 Å². The molecule has 1 aromatic rings. The molecule has 2 atom stereocenters. The number of benzene rings is 1. The molecule has 2 rings (SSSR count). The summed E-state index contributed by atoms with van der Waals surface area (Å²) in [5.41, 5.74) is -0.460. The number of halogens is 1. The van der Waals surface area contributed by atoms with Crippen LogP contribution in [0.5, 0.6) is 0 Å². The Morgan fingerprint density at radius 1 is 1.23 bits per heavy atom. The van der Waals surface area contributed by atoms with Gasteiger partial charge in [-0.05, 0) is 32.8 Å². The van der Waals surface area contributed by atoms with Gasteiger partial charge in [0.1, 0.15) is 5.82 Å². The van der Waals surface area contributed by atoms with Crippen molar-refractivity contribution in [1.82, 2.24) is 5.32 Å². The Bertz CT molecular complexity index is 567. The number of amides is 1. The average Bonchev–Trinajstić information content (AvgIpc) is 2.97. The standard InChI is InChI=1S/C17H22FNO3/c1-11(15(20)21)12(2)19-16(22)17(9-5-6-10-17)13-7-3-4-8-14(13)18/h3-4,7-8,11-12H,5-6,9-10H2,1-2H3,(H,19,22)(H,20,21). The fraction of sp³-hybridized carbons (Fsp3) is 0.529. The van der Waals surface area contributed by atoms with Crippen LogP contribution in [0.1, 0.15) is 45.1 Å². The summed E-state index contributed by atoms with van der Waals surface area (Å²) in [6, 6.07) is 5.86. The second-order valence-corrected chi connectivity index (χ2v) is 6.16. The van der Waals surface area contributed by atoms with Crippen LogP contribution in [0, 0.1) is 11.7 Å². The quantitative estimate of drug-likeness (QED) is 0.879. The van der Waals surface area contributed by atoms with E-state index in [-0.39, 0.29) is 11.7 Å². The van der Waals surface area contributed by atoms with Crippen molar-refractivity contribution in [3.05, 3.63) is 35.6 Å². The van der Waals surface area contributed by atoms with E-state index in [9.17, 15) is 14.0 Å². The molecule has 1 amide bonds. The summed E-state index contributed by atoms with van der Waals surface area (Å²) in [4.78, 5) is 23.8. The van der Waals surface area contributed by atoms with Gasteiger partial charge in [0, 0.05) is 11.6 Å². The predicted octanol–water partition coefficient (Wildman–Crippen LogP) is 2.86. The molecule has 5 heteroatoms. The molecule has 0 saturated heterocycles. The number of carbonyl (C=O) groups excluding carboxylic acids is 1. The van der Waals surface area contributed by atoms with Gasteiger partial charge >= 0.3 is 5.97 Å². The largest absolute Gasteiger partial charge is 0.481 e. The van der Waals surface area contributed by atoms with Crippen molar-refractivity contribution in [2.75, 3.05) is 0 Å². The van der Waals surface area contributed by atoms with E-state index in [1.165, 1.54) is 6.07 Å². The van der Waals surface area contributed by atoms with Crippen LogP contribution in [0.15, 0.2) is 24.3 Å². The Morgan fingerprint density at radius 3 is 2.36 bits per heavy atom. The highest BCUT2D eigenvalue weighted by molar-refractivity contribution is 5.89. The molecule has 0 radical (unpaired) electrons. The third kappa shape index (κ3) is 2.98. The van der Waals surface area contributed by atoms with Crippen LogP contribution in [-0.2, 0) is 15.0 Å². The molecule has 0 aliphatic heterocycles. The molecular formula is C17H22FNO3. The SMILES string of the molecule is CC(NC(=O)C1(c2ccccc2F)CCCC1)C(C)C(=O)O. The summed E-state index contributed by atoms with van der Waals surface area (Å²) < 4.78 is 14.2. The fourth-order valence-corrected chi connectivity index (χ4v) is 3.13. The smallest absolute Gasteiger partial charge is 0.308 e. The minimum absolute atomic E-state index is 0.268. The molecule has 120 valence electrons. The van der Waals surface area contributed by atoms with Crippen LogP contribution in [0.2, 0.25) is 0 Å². The zero-order chi connectivity index (χ0) is 16.3. The van der Waals surface area contributed by atoms with E-state index >= 15 is 0 Å². The Labute approximate surface area is 129 Å². The minimum Gasteiger partial charge on any atom is -0.481 e. The fourth-order valence-electron chi connectivity index (χ4n) is 3.13. The minimum atomic E-state index is -0.959. The molecule has 2 N–H and O–H groups in total. The van der Waals surface area contributed by atoms with Crippen LogP contribution >= 0.6 is 0 Å². The summed E-state index contributed by atoms with van der Waals surface area (Å²) >= 11 is 0. The Morgan fingerprint density at radius 2 is 1.82 bits per heavy atom. The Kier molecular flexibility index (Phi) is 4.84. The number of nitrogens with one attached hydrogen (secondary N) is 1. The van der Waals surface area contributed by atoms with Gasteiger partial charge in [0.15, 0.2) is 0 Å². The second-order valence-electron chi connectivity index (χ2n) is 6.16. The number of carboxylic acids is 1. The number of rotatable bonds is 5. The van der Waals surface area contributed by atoms with E-state index in [2.05, 4.69) is 5.32 Å². The molecule has 0 heterocycles. The maximum atomic E-state index is 14.2. The van der Waals surface area contributed by atoms with Gasteiger partial charge in [0.05, 0.1) is 11.3 Å². The Hall–Kier alpha value is -1.91. The molecule has 0 spiro atoms. The number of carboxylic acid groups (broad SMARTS) is 1. The molecule has 1 fully saturated rings. The van der Waals surface area contributed by atoms with Crippen molar-refractivity contribution in [3.8, 4) is 0 Å². The lowest BCUT2D eigenvalue weighted by molar-refractivity contribution is -0.142. The van der Waals surface area contributed by atoms with E-state index in [1.807, 2.05) is 0 Å². The summed E-state index contributed by atoms with van der Waals surface area (Å²) in [6.07, 6.45) is 2.91. The highest BCUT2D eigenvalue weighted by atomic mass is 19.1. The first-order chi connectivity index (χ1) is 10.4. The third-order valence-electron chi connectivity index (χ3n) is 4.78. The third-order valence-corrected chi connectivity index (χ3v) is 4.78. The maximum absolute atomic E-state index is 14.2. The monoisotopic (exact) mass is 307 g/mol. The zero-order valence-corrected chi connectivity index (χ0v) is 12.9. The summed E-state index contributed by atoms with van der Waals surface area (Å²) in [5, 5.41) is 11.8. The van der Waals surface area contributed by atoms with Crippen molar-refractivity contribution < 1.29 is 19.1 Å². The first-order valence-electron chi connectivity index (χ1n) is 7.67. The summed E-state index contributed by atoms with van der Waals surface area (Å²) in [7, 11) is 0. The van der Waals surface area contributed by atoms with Crippen LogP contribution < -0.4 is 5.32 Å². The van der Waals surface area contributed by atoms with Gasteiger partial charge in [0.25, 0.3) is 0 Å². The van der Waals surface area contributed by atoms with Gasteiger partial charge < -0.3 is 10.4 Å². The lowest BCUT2D eigenvalue weighted by Gasteiger charge is -2.31. The highest BCUT2D eigenvalue weighted by Crippen LogP contribution is 2.42. The van der Waals surface area contributed by atoms with Crippen LogP contribution in [0.3, 0.4) is 0 Å². The normalized spacial score (nSPS) is 19.4. The molecule has 4 nitrogen and oxygen atoms in total. The first-order valence-corrected chi connectivity index (χ1v) is 7.67. The second kappa shape index (κ2) is 6.46. The predicted molar refractivity (Wildman–Crippen MR) is 81.0 cm³/mol.